The van der Waals surface area contributed by atoms with Gasteiger partial charge in [0.1, 0.15) is 23.4 Å². The molecule has 2 N–H and O–H groups in total. The highest BCUT2D eigenvalue weighted by molar-refractivity contribution is 6.16. The Labute approximate surface area is 255 Å². The number of amides is 1. The van der Waals surface area contributed by atoms with Crippen LogP contribution in [0.25, 0.3) is 5.70 Å². The number of aliphatic imine (C=N–C) groups is 1. The third kappa shape index (κ3) is 9.60. The van der Waals surface area contributed by atoms with E-state index in [0.717, 1.165) is 43.1 Å². The summed E-state index contributed by atoms with van der Waals surface area (Å²) in [5.41, 5.74) is 5.05. The third-order valence-electron chi connectivity index (χ3n) is 7.27. The fraction of sp³-hybridized carbons (Fsp3) is 0.500. The van der Waals surface area contributed by atoms with Crippen molar-refractivity contribution in [3.05, 3.63) is 65.2 Å². The molecule has 1 unspecified atom stereocenters. The lowest BCUT2D eigenvalue weighted by Gasteiger charge is -2.27. The van der Waals surface area contributed by atoms with Gasteiger partial charge in [-0.1, -0.05) is 58.9 Å². The third-order valence-corrected chi connectivity index (χ3v) is 7.27. The summed E-state index contributed by atoms with van der Waals surface area (Å²) in [5.74, 6) is -1.65. The number of aryl methyl sites for hydroxylation is 1. The van der Waals surface area contributed by atoms with Crippen molar-refractivity contribution in [1.82, 2.24) is 4.98 Å². The standard InChI is InChI=1S/C32H40F4N4O4/c1-4-5-6-7-8-9-11-22-13-14-24(18-25(22)32(34,35)36)40(31(42)44-20-43-30(41)28(37)21(2)3)27-16-15-26(33)29(39-27)23-12-10-17-38-19-23/h10,12-14,17-19,21,28H,4-9,11,15-16,20,37H2,1-3H3. The Kier molecular flexibility index (Phi) is 12.9. The monoisotopic (exact) mass is 620 g/mol. The lowest BCUT2D eigenvalue weighted by molar-refractivity contribution is -0.154. The molecule has 1 atom stereocenters. The van der Waals surface area contributed by atoms with E-state index in [1.54, 1.807) is 26.0 Å². The number of rotatable bonds is 13. The van der Waals surface area contributed by atoms with E-state index < -0.39 is 42.5 Å². The van der Waals surface area contributed by atoms with Crippen molar-refractivity contribution in [3.63, 3.8) is 0 Å². The van der Waals surface area contributed by atoms with Crippen molar-refractivity contribution in [2.24, 2.45) is 16.6 Å². The molecule has 1 aromatic heterocycles. The lowest BCUT2D eigenvalue weighted by atomic mass is 9.99. The quantitative estimate of drug-likeness (QED) is 0.105. The zero-order valence-corrected chi connectivity index (χ0v) is 25.3. The minimum atomic E-state index is -4.70. The number of carbonyl (C=O) groups excluding carboxylic acids is 2. The van der Waals surface area contributed by atoms with Gasteiger partial charge in [-0.05, 0) is 48.6 Å². The maximum absolute atomic E-state index is 14.9. The van der Waals surface area contributed by atoms with Crippen LogP contribution in [0.15, 0.2) is 53.5 Å². The highest BCUT2D eigenvalue weighted by Crippen LogP contribution is 2.37. The first-order valence-electron chi connectivity index (χ1n) is 14.9. The van der Waals surface area contributed by atoms with Crippen LogP contribution >= 0.6 is 0 Å². The number of aromatic nitrogens is 1. The van der Waals surface area contributed by atoms with Gasteiger partial charge < -0.3 is 15.2 Å². The molecule has 0 fully saturated rings. The maximum Gasteiger partial charge on any atom is 0.422 e. The van der Waals surface area contributed by atoms with Gasteiger partial charge in [0.2, 0.25) is 6.79 Å². The molecule has 0 aliphatic carbocycles. The summed E-state index contributed by atoms with van der Waals surface area (Å²) in [5, 5.41) is 0. The number of hydrogen-bond acceptors (Lipinski definition) is 7. The fourth-order valence-electron chi connectivity index (χ4n) is 4.68. The largest absolute Gasteiger partial charge is 0.427 e. The van der Waals surface area contributed by atoms with E-state index >= 15 is 0 Å². The number of amidine groups is 1. The van der Waals surface area contributed by atoms with Gasteiger partial charge in [0.25, 0.3) is 0 Å². The Morgan fingerprint density at radius 3 is 2.43 bits per heavy atom. The molecule has 1 amide bonds. The molecule has 2 heterocycles. The Bertz CT molecular complexity index is 1330. The van der Waals surface area contributed by atoms with Crippen molar-refractivity contribution in [1.29, 1.82) is 0 Å². The summed E-state index contributed by atoms with van der Waals surface area (Å²) < 4.78 is 67.8. The Morgan fingerprint density at radius 1 is 1.05 bits per heavy atom. The number of nitrogens with two attached hydrogens (primary N) is 1. The Balaban J connectivity index is 1.95. The first kappa shape index (κ1) is 34.7. The van der Waals surface area contributed by atoms with Gasteiger partial charge in [-0.25, -0.2) is 19.1 Å². The molecule has 0 spiro atoms. The summed E-state index contributed by atoms with van der Waals surface area (Å²) >= 11 is 0. The smallest absolute Gasteiger partial charge is 0.422 e. The summed E-state index contributed by atoms with van der Waals surface area (Å²) in [6.45, 7) is 4.68. The van der Waals surface area contributed by atoms with Crippen molar-refractivity contribution < 1.29 is 36.6 Å². The van der Waals surface area contributed by atoms with E-state index in [9.17, 15) is 27.2 Å². The molecule has 8 nitrogen and oxygen atoms in total. The van der Waals surface area contributed by atoms with Gasteiger partial charge in [0, 0.05) is 30.8 Å². The van der Waals surface area contributed by atoms with E-state index in [1.807, 2.05) is 0 Å². The molecule has 3 rings (SSSR count). The molecule has 1 aliphatic rings. The SMILES string of the molecule is CCCCCCCCc1ccc(N(C(=O)OCOC(=O)C(N)C(C)C)C2=NC(c3cccnc3)=C(F)CC2)cc1C(F)(F)F. The van der Waals surface area contributed by atoms with Gasteiger partial charge in [-0.2, -0.15) is 13.2 Å². The number of nitrogens with zero attached hydrogens (tertiary/aromatic N) is 3. The summed E-state index contributed by atoms with van der Waals surface area (Å²) in [6, 6.07) is 5.79. The molecular weight excluding hydrogens is 580 g/mol. The number of esters is 1. The van der Waals surface area contributed by atoms with Crippen LogP contribution in [0.1, 0.15) is 88.8 Å². The van der Waals surface area contributed by atoms with Crippen molar-refractivity contribution in [2.45, 2.75) is 90.8 Å². The predicted molar refractivity (Wildman–Crippen MR) is 160 cm³/mol. The van der Waals surface area contributed by atoms with Crippen LogP contribution < -0.4 is 10.6 Å². The summed E-state index contributed by atoms with van der Waals surface area (Å²) in [4.78, 5) is 34.7. The second kappa shape index (κ2) is 16.3. The maximum atomic E-state index is 14.9. The molecule has 44 heavy (non-hydrogen) atoms. The highest BCUT2D eigenvalue weighted by atomic mass is 19.4. The van der Waals surface area contributed by atoms with Crippen LogP contribution in [-0.2, 0) is 26.9 Å². The number of alkyl halides is 3. The van der Waals surface area contributed by atoms with Gasteiger partial charge >= 0.3 is 18.2 Å². The minimum Gasteiger partial charge on any atom is -0.427 e. The number of benzene rings is 1. The van der Waals surface area contributed by atoms with E-state index in [2.05, 4.69) is 16.9 Å². The van der Waals surface area contributed by atoms with Crippen molar-refractivity contribution >= 4 is 29.3 Å². The second-order valence-corrected chi connectivity index (χ2v) is 11.0. The van der Waals surface area contributed by atoms with Crippen LogP contribution in [0.3, 0.4) is 0 Å². The first-order valence-corrected chi connectivity index (χ1v) is 14.9. The number of allylic oxidation sites excluding steroid dienone is 1. The number of anilines is 1. The predicted octanol–water partition coefficient (Wildman–Crippen LogP) is 7.96. The zero-order chi connectivity index (χ0) is 32.3. The van der Waals surface area contributed by atoms with Crippen molar-refractivity contribution in [2.75, 3.05) is 11.7 Å². The van der Waals surface area contributed by atoms with Crippen LogP contribution in [0.2, 0.25) is 0 Å². The summed E-state index contributed by atoms with van der Waals surface area (Å²) in [6.07, 6.45) is 2.53. The molecule has 2 aromatic rings. The normalized spacial score (nSPS) is 14.3. The number of carbonyl (C=O) groups is 2. The number of hydrogen-bond donors (Lipinski definition) is 1. The molecule has 12 heteroatoms. The van der Waals surface area contributed by atoms with Gasteiger partial charge in [0.05, 0.1) is 11.3 Å². The molecular formula is C32H40F4N4O4. The summed E-state index contributed by atoms with van der Waals surface area (Å²) in [7, 11) is 0. The Morgan fingerprint density at radius 2 is 1.77 bits per heavy atom. The molecule has 1 aliphatic heterocycles. The van der Waals surface area contributed by atoms with Gasteiger partial charge in [-0.3, -0.25) is 9.78 Å². The van der Waals surface area contributed by atoms with Gasteiger partial charge in [-0.15, -0.1) is 0 Å². The lowest BCUT2D eigenvalue weighted by Crippen LogP contribution is -2.40. The number of unbranched alkanes of at least 4 members (excludes halogenated alkanes) is 5. The zero-order valence-electron chi connectivity index (χ0n) is 25.3. The fourth-order valence-corrected chi connectivity index (χ4v) is 4.68. The van der Waals surface area contributed by atoms with Crippen LogP contribution in [0, 0.1) is 5.92 Å². The number of pyridine rings is 1. The molecule has 240 valence electrons. The first-order chi connectivity index (χ1) is 20.9. The number of halogens is 4. The van der Waals surface area contributed by atoms with Crippen LogP contribution in [0.4, 0.5) is 28.0 Å². The van der Waals surface area contributed by atoms with E-state index in [-0.39, 0.29) is 48.0 Å². The molecule has 0 radical (unpaired) electrons. The molecule has 0 saturated carbocycles. The second-order valence-electron chi connectivity index (χ2n) is 11.0. The van der Waals surface area contributed by atoms with E-state index in [4.69, 9.17) is 15.2 Å². The number of ether oxygens (including phenoxy) is 2. The molecule has 0 saturated heterocycles. The Hall–Kier alpha value is -3.80. The van der Waals surface area contributed by atoms with Crippen molar-refractivity contribution in [3.8, 4) is 0 Å². The van der Waals surface area contributed by atoms with Crippen LogP contribution in [-0.4, -0.2) is 35.7 Å². The topological polar surface area (TPSA) is 107 Å². The minimum absolute atomic E-state index is 0.0442. The average Bonchev–Trinajstić information content (AvgIpc) is 2.99. The highest BCUT2D eigenvalue weighted by Gasteiger charge is 2.36. The molecule has 1 aromatic carbocycles. The molecule has 0 bridgehead atoms. The van der Waals surface area contributed by atoms with E-state index in [1.165, 1.54) is 24.5 Å². The average molecular weight is 621 g/mol. The van der Waals surface area contributed by atoms with Gasteiger partial charge in [0.15, 0.2) is 0 Å². The van der Waals surface area contributed by atoms with E-state index in [0.29, 0.717) is 12.0 Å². The van der Waals surface area contributed by atoms with Crippen LogP contribution in [0.5, 0.6) is 0 Å².